The molecule has 1 aliphatic heterocycles. The van der Waals surface area contributed by atoms with Gasteiger partial charge in [0.1, 0.15) is 0 Å². The van der Waals surface area contributed by atoms with E-state index in [0.29, 0.717) is 0 Å². The van der Waals surface area contributed by atoms with Crippen LogP contribution in [0.1, 0.15) is 12.8 Å². The highest BCUT2D eigenvalue weighted by Crippen LogP contribution is 2.06. The maximum Gasteiger partial charge on any atom is 0.0589 e. The van der Waals surface area contributed by atoms with Gasteiger partial charge in [-0.3, -0.25) is 4.90 Å². The molecule has 1 aliphatic rings. The molecule has 0 aromatic carbocycles. The van der Waals surface area contributed by atoms with E-state index in [9.17, 15) is 0 Å². The third-order valence-corrected chi connectivity index (χ3v) is 2.96. The molecule has 0 unspecified atom stereocenters. The van der Waals surface area contributed by atoms with Crippen molar-refractivity contribution in [3.63, 3.8) is 0 Å². The average Bonchev–Trinajstić information content (AvgIpc) is 2.75. The van der Waals surface area contributed by atoms with Crippen molar-refractivity contribution in [2.45, 2.75) is 12.8 Å². The van der Waals surface area contributed by atoms with Crippen molar-refractivity contribution < 1.29 is 9.84 Å². The van der Waals surface area contributed by atoms with Crippen LogP contribution in [0.2, 0.25) is 0 Å². The molecule has 4 nitrogen and oxygen atoms in total. The second kappa shape index (κ2) is 8.05. The molecule has 0 bridgehead atoms. The predicted octanol–water partition coefficient (Wildman–Crippen LogP) is 0.0229. The zero-order valence-electron chi connectivity index (χ0n) is 9.82. The van der Waals surface area contributed by atoms with E-state index in [0.717, 1.165) is 32.8 Å². The highest BCUT2D eigenvalue weighted by atomic mass is 16.5. The molecule has 0 aliphatic carbocycles. The summed E-state index contributed by atoms with van der Waals surface area (Å²) in [6, 6.07) is 0. The lowest BCUT2D eigenvalue weighted by Crippen LogP contribution is -2.37. The van der Waals surface area contributed by atoms with Crippen molar-refractivity contribution in [2.24, 2.45) is 0 Å². The van der Waals surface area contributed by atoms with Crippen molar-refractivity contribution >= 4 is 0 Å². The van der Waals surface area contributed by atoms with E-state index in [1.54, 1.807) is 7.11 Å². The van der Waals surface area contributed by atoms with E-state index in [4.69, 9.17) is 9.84 Å². The summed E-state index contributed by atoms with van der Waals surface area (Å²) in [4.78, 5) is 4.76. The van der Waals surface area contributed by atoms with Crippen LogP contribution in [0.25, 0.3) is 0 Å². The summed E-state index contributed by atoms with van der Waals surface area (Å²) in [7, 11) is 1.72. The highest BCUT2D eigenvalue weighted by molar-refractivity contribution is 4.68. The lowest BCUT2D eigenvalue weighted by molar-refractivity contribution is 0.123. The van der Waals surface area contributed by atoms with Crippen LogP contribution in [-0.2, 0) is 4.74 Å². The Morgan fingerprint density at radius 2 is 1.93 bits per heavy atom. The van der Waals surface area contributed by atoms with Gasteiger partial charge in [0, 0.05) is 33.3 Å². The molecular weight excluding hydrogens is 192 g/mol. The summed E-state index contributed by atoms with van der Waals surface area (Å²) in [5, 5.41) is 8.93. The second-order valence-corrected chi connectivity index (χ2v) is 4.11. The number of hydrogen-bond donors (Lipinski definition) is 1. The standard InChI is InChI=1S/C11H24N2O2/c1-15-11-9-13(8-10-14)7-6-12-4-2-3-5-12/h14H,2-11H2,1H3. The molecular formula is C11H24N2O2. The molecule has 1 heterocycles. The summed E-state index contributed by atoms with van der Waals surface area (Å²) in [6.07, 6.45) is 2.69. The lowest BCUT2D eigenvalue weighted by atomic mass is 10.4. The van der Waals surface area contributed by atoms with Crippen molar-refractivity contribution in [2.75, 3.05) is 59.6 Å². The van der Waals surface area contributed by atoms with Gasteiger partial charge in [-0.05, 0) is 25.9 Å². The molecule has 15 heavy (non-hydrogen) atoms. The number of aliphatic hydroxyl groups excluding tert-OH is 1. The Hall–Kier alpha value is -0.160. The molecule has 0 saturated carbocycles. The molecule has 0 aromatic rings. The summed E-state index contributed by atoms with van der Waals surface area (Å²) < 4.78 is 5.05. The minimum Gasteiger partial charge on any atom is -0.395 e. The highest BCUT2D eigenvalue weighted by Gasteiger charge is 2.12. The van der Waals surface area contributed by atoms with E-state index in [1.807, 2.05) is 0 Å². The summed E-state index contributed by atoms with van der Waals surface area (Å²) in [5.74, 6) is 0. The Balaban J connectivity index is 2.11. The minimum atomic E-state index is 0.240. The molecule has 0 spiro atoms. The Morgan fingerprint density at radius 1 is 1.20 bits per heavy atom. The maximum atomic E-state index is 8.93. The number of ether oxygens (including phenoxy) is 1. The van der Waals surface area contributed by atoms with Crippen LogP contribution >= 0.6 is 0 Å². The van der Waals surface area contributed by atoms with Crippen LogP contribution in [0.15, 0.2) is 0 Å². The van der Waals surface area contributed by atoms with Gasteiger partial charge in [0.25, 0.3) is 0 Å². The molecule has 1 saturated heterocycles. The van der Waals surface area contributed by atoms with Gasteiger partial charge >= 0.3 is 0 Å². The Kier molecular flexibility index (Phi) is 6.92. The summed E-state index contributed by atoms with van der Waals surface area (Å²) in [5.41, 5.74) is 0. The molecule has 0 amide bonds. The van der Waals surface area contributed by atoms with E-state index >= 15 is 0 Å². The quantitative estimate of drug-likeness (QED) is 0.621. The van der Waals surface area contributed by atoms with Crippen molar-refractivity contribution in [1.29, 1.82) is 0 Å². The number of aliphatic hydroxyl groups is 1. The first-order valence-electron chi connectivity index (χ1n) is 5.91. The molecule has 4 heteroatoms. The molecule has 1 N–H and O–H groups in total. The first kappa shape index (κ1) is 12.9. The second-order valence-electron chi connectivity index (χ2n) is 4.11. The van der Waals surface area contributed by atoms with Crippen molar-refractivity contribution in [3.8, 4) is 0 Å². The molecule has 0 atom stereocenters. The van der Waals surface area contributed by atoms with Gasteiger partial charge in [0.2, 0.25) is 0 Å². The lowest BCUT2D eigenvalue weighted by Gasteiger charge is -2.24. The molecule has 1 rings (SSSR count). The molecule has 0 radical (unpaired) electrons. The fraction of sp³-hybridized carbons (Fsp3) is 1.00. The number of nitrogens with zero attached hydrogens (tertiary/aromatic N) is 2. The molecule has 0 aromatic heterocycles. The third kappa shape index (κ3) is 5.47. The van der Waals surface area contributed by atoms with Gasteiger partial charge in [-0.15, -0.1) is 0 Å². The minimum absolute atomic E-state index is 0.240. The fourth-order valence-corrected chi connectivity index (χ4v) is 1.99. The van der Waals surface area contributed by atoms with Crippen LogP contribution in [0.5, 0.6) is 0 Å². The topological polar surface area (TPSA) is 35.9 Å². The Bertz CT molecular complexity index is 150. The monoisotopic (exact) mass is 216 g/mol. The van der Waals surface area contributed by atoms with E-state index in [-0.39, 0.29) is 6.61 Å². The normalized spacial score (nSPS) is 17.8. The zero-order chi connectivity index (χ0) is 10.9. The fourth-order valence-electron chi connectivity index (χ4n) is 1.99. The predicted molar refractivity (Wildman–Crippen MR) is 61.1 cm³/mol. The largest absolute Gasteiger partial charge is 0.395 e. The van der Waals surface area contributed by atoms with E-state index in [1.165, 1.54) is 25.9 Å². The third-order valence-electron chi connectivity index (χ3n) is 2.96. The van der Waals surface area contributed by atoms with Crippen molar-refractivity contribution in [1.82, 2.24) is 9.80 Å². The first-order chi connectivity index (χ1) is 7.36. The van der Waals surface area contributed by atoms with Crippen LogP contribution in [0, 0.1) is 0 Å². The first-order valence-corrected chi connectivity index (χ1v) is 5.91. The Morgan fingerprint density at radius 3 is 2.53 bits per heavy atom. The van der Waals surface area contributed by atoms with Gasteiger partial charge in [-0.2, -0.15) is 0 Å². The van der Waals surface area contributed by atoms with Gasteiger partial charge in [-0.25, -0.2) is 0 Å². The van der Waals surface area contributed by atoms with Crippen LogP contribution in [0.3, 0.4) is 0 Å². The van der Waals surface area contributed by atoms with Gasteiger partial charge < -0.3 is 14.7 Å². The SMILES string of the molecule is COCCN(CCO)CCN1CCCC1. The number of hydrogen-bond acceptors (Lipinski definition) is 4. The average molecular weight is 216 g/mol. The van der Waals surface area contributed by atoms with Crippen molar-refractivity contribution in [3.05, 3.63) is 0 Å². The van der Waals surface area contributed by atoms with Crippen LogP contribution in [-0.4, -0.2) is 74.5 Å². The smallest absolute Gasteiger partial charge is 0.0589 e. The van der Waals surface area contributed by atoms with Gasteiger partial charge in [0.15, 0.2) is 0 Å². The molecule has 90 valence electrons. The maximum absolute atomic E-state index is 8.93. The summed E-state index contributed by atoms with van der Waals surface area (Å²) >= 11 is 0. The van der Waals surface area contributed by atoms with Crippen LogP contribution in [0.4, 0.5) is 0 Å². The number of likely N-dealkylation sites (tertiary alicyclic amines) is 1. The van der Waals surface area contributed by atoms with E-state index in [2.05, 4.69) is 9.80 Å². The number of methoxy groups -OCH3 is 1. The zero-order valence-corrected chi connectivity index (χ0v) is 9.82. The van der Waals surface area contributed by atoms with Gasteiger partial charge in [-0.1, -0.05) is 0 Å². The van der Waals surface area contributed by atoms with Crippen LogP contribution < -0.4 is 0 Å². The Labute approximate surface area is 92.8 Å². The van der Waals surface area contributed by atoms with E-state index < -0.39 is 0 Å². The number of rotatable bonds is 8. The van der Waals surface area contributed by atoms with Gasteiger partial charge in [0.05, 0.1) is 13.2 Å². The molecule has 1 fully saturated rings. The summed E-state index contributed by atoms with van der Waals surface area (Å²) in [6.45, 7) is 7.34.